The Balaban J connectivity index is 1.52. The highest BCUT2D eigenvalue weighted by Crippen LogP contribution is 2.26. The third-order valence-electron chi connectivity index (χ3n) is 4.54. The molecule has 0 aliphatic heterocycles. The molecular weight excluding hydrogens is 370 g/mol. The van der Waals surface area contributed by atoms with Crippen LogP contribution in [0.1, 0.15) is 39.4 Å². The highest BCUT2D eigenvalue weighted by molar-refractivity contribution is 6.10. The molecule has 0 aliphatic carbocycles. The van der Waals surface area contributed by atoms with E-state index in [1.807, 2.05) is 37.3 Å². The van der Waals surface area contributed by atoms with Crippen molar-refractivity contribution in [3.63, 3.8) is 0 Å². The van der Waals surface area contributed by atoms with E-state index in [9.17, 15) is 9.59 Å². The Morgan fingerprint density at radius 3 is 2.55 bits per heavy atom. The van der Waals surface area contributed by atoms with Crippen LogP contribution < -0.4 is 16.4 Å². The summed E-state index contributed by atoms with van der Waals surface area (Å²) in [6, 6.07) is 17.7. The van der Waals surface area contributed by atoms with Gasteiger partial charge >= 0.3 is 0 Å². The topological polar surface area (TPSA) is 126 Å². The first-order valence-electron chi connectivity index (χ1n) is 9.02. The lowest BCUT2D eigenvalue weighted by atomic mass is 10.1. The highest BCUT2D eigenvalue weighted by Gasteiger charge is 2.20. The Morgan fingerprint density at radius 1 is 1.07 bits per heavy atom. The quantitative estimate of drug-likeness (QED) is 0.389. The maximum atomic E-state index is 12.6. The second kappa shape index (κ2) is 7.51. The molecule has 0 saturated carbocycles. The van der Waals surface area contributed by atoms with Crippen molar-refractivity contribution in [1.29, 1.82) is 0 Å². The molecule has 2 heterocycles. The van der Waals surface area contributed by atoms with Crippen molar-refractivity contribution in [3.05, 3.63) is 77.6 Å². The average molecular weight is 389 g/mol. The molecule has 29 heavy (non-hydrogen) atoms. The molecule has 8 heteroatoms. The van der Waals surface area contributed by atoms with Gasteiger partial charge in [-0.25, -0.2) is 0 Å². The molecule has 0 bridgehead atoms. The zero-order valence-electron chi connectivity index (χ0n) is 15.6. The molecule has 0 saturated heterocycles. The number of nitrogens with two attached hydrogens (primary N) is 1. The molecular formula is C21H19N5O3. The van der Waals surface area contributed by atoms with Gasteiger partial charge in [0, 0.05) is 11.8 Å². The summed E-state index contributed by atoms with van der Waals surface area (Å²) >= 11 is 0. The van der Waals surface area contributed by atoms with Gasteiger partial charge in [-0.3, -0.25) is 14.7 Å². The molecule has 2 amide bonds. The summed E-state index contributed by atoms with van der Waals surface area (Å²) < 4.78 is 5.65. The lowest BCUT2D eigenvalue weighted by molar-refractivity contribution is 0.0914. The van der Waals surface area contributed by atoms with Crippen LogP contribution >= 0.6 is 0 Å². The molecule has 0 aliphatic rings. The number of rotatable bonds is 5. The summed E-state index contributed by atoms with van der Waals surface area (Å²) in [6.07, 6.45) is 0. The lowest BCUT2D eigenvalue weighted by Crippen LogP contribution is -2.26. The number of amides is 2. The molecule has 5 N–H and O–H groups in total. The SMILES string of the molecule is C[C@@H](NC(=O)c1cc2[nH]nc(NC(=O)c3ccccc3N)c2o1)c1ccccc1. The number of fused-ring (bicyclic) bond motifs is 1. The second-order valence-corrected chi connectivity index (χ2v) is 6.57. The van der Waals surface area contributed by atoms with E-state index in [-0.39, 0.29) is 29.1 Å². The number of anilines is 2. The van der Waals surface area contributed by atoms with Crippen molar-refractivity contribution in [1.82, 2.24) is 15.5 Å². The van der Waals surface area contributed by atoms with Gasteiger partial charge in [-0.15, -0.1) is 0 Å². The summed E-state index contributed by atoms with van der Waals surface area (Å²) in [6.45, 7) is 1.89. The molecule has 1 atom stereocenters. The van der Waals surface area contributed by atoms with E-state index in [4.69, 9.17) is 10.2 Å². The average Bonchev–Trinajstić information content (AvgIpc) is 3.31. The van der Waals surface area contributed by atoms with Gasteiger partial charge in [0.2, 0.25) is 0 Å². The molecule has 2 aromatic heterocycles. The fourth-order valence-electron chi connectivity index (χ4n) is 2.98. The Kier molecular flexibility index (Phi) is 4.74. The Hall–Kier alpha value is -4.07. The van der Waals surface area contributed by atoms with Gasteiger partial charge in [-0.2, -0.15) is 5.10 Å². The molecule has 0 radical (unpaired) electrons. The first-order valence-corrected chi connectivity index (χ1v) is 9.02. The van der Waals surface area contributed by atoms with Crippen LogP contribution in [0, 0.1) is 0 Å². The van der Waals surface area contributed by atoms with Crippen LogP contribution in [0.4, 0.5) is 11.5 Å². The maximum absolute atomic E-state index is 12.6. The number of aromatic nitrogens is 2. The summed E-state index contributed by atoms with van der Waals surface area (Å²) in [5.74, 6) is -0.485. The van der Waals surface area contributed by atoms with E-state index in [1.165, 1.54) is 0 Å². The van der Waals surface area contributed by atoms with Crippen LogP contribution in [0.15, 0.2) is 65.1 Å². The molecule has 0 fully saturated rings. The number of para-hydroxylation sites is 1. The van der Waals surface area contributed by atoms with Gasteiger partial charge in [0.25, 0.3) is 11.8 Å². The van der Waals surface area contributed by atoms with Crippen LogP contribution in [-0.2, 0) is 0 Å². The minimum atomic E-state index is -0.420. The predicted octanol–water partition coefficient (Wildman–Crippen LogP) is 3.48. The number of H-pyrrole nitrogens is 1. The largest absolute Gasteiger partial charge is 0.445 e. The lowest BCUT2D eigenvalue weighted by Gasteiger charge is -2.12. The molecule has 146 valence electrons. The third-order valence-corrected chi connectivity index (χ3v) is 4.54. The first-order chi connectivity index (χ1) is 14.0. The van der Waals surface area contributed by atoms with Gasteiger partial charge in [0.15, 0.2) is 17.2 Å². The zero-order chi connectivity index (χ0) is 20.4. The van der Waals surface area contributed by atoms with E-state index in [0.29, 0.717) is 16.8 Å². The summed E-state index contributed by atoms with van der Waals surface area (Å²) in [5.41, 5.74) is 8.27. The number of carbonyl (C=O) groups is 2. The number of carbonyl (C=O) groups excluding carboxylic acids is 2. The van der Waals surface area contributed by atoms with E-state index in [1.54, 1.807) is 30.3 Å². The molecule has 8 nitrogen and oxygen atoms in total. The fraction of sp³-hybridized carbons (Fsp3) is 0.0952. The highest BCUT2D eigenvalue weighted by atomic mass is 16.3. The number of hydrogen-bond acceptors (Lipinski definition) is 5. The number of nitrogen functional groups attached to an aromatic ring is 1. The van der Waals surface area contributed by atoms with Gasteiger partial charge in [-0.05, 0) is 24.6 Å². The second-order valence-electron chi connectivity index (χ2n) is 6.57. The molecule has 4 aromatic rings. The first kappa shape index (κ1) is 18.3. The molecule has 0 spiro atoms. The summed E-state index contributed by atoms with van der Waals surface area (Å²) in [5, 5.41) is 12.3. The Morgan fingerprint density at radius 2 is 1.79 bits per heavy atom. The van der Waals surface area contributed by atoms with E-state index in [2.05, 4.69) is 20.8 Å². The smallest absolute Gasteiger partial charge is 0.287 e. The number of aromatic amines is 1. The fourth-order valence-corrected chi connectivity index (χ4v) is 2.98. The molecule has 0 unspecified atom stereocenters. The van der Waals surface area contributed by atoms with E-state index >= 15 is 0 Å². The van der Waals surface area contributed by atoms with Crippen molar-refractivity contribution in [2.45, 2.75) is 13.0 Å². The molecule has 2 aromatic carbocycles. The van der Waals surface area contributed by atoms with Crippen molar-refractivity contribution < 1.29 is 14.0 Å². The number of nitrogens with zero attached hydrogens (tertiary/aromatic N) is 1. The number of benzene rings is 2. The van der Waals surface area contributed by atoms with Gasteiger partial charge < -0.3 is 20.8 Å². The third kappa shape index (κ3) is 3.68. The number of nitrogens with one attached hydrogen (secondary N) is 3. The Bertz CT molecular complexity index is 1180. The van der Waals surface area contributed by atoms with E-state index in [0.717, 1.165) is 5.56 Å². The van der Waals surface area contributed by atoms with Gasteiger partial charge in [0.05, 0.1) is 11.6 Å². The van der Waals surface area contributed by atoms with Crippen LogP contribution in [0.5, 0.6) is 0 Å². The minimum absolute atomic E-state index is 0.117. The number of hydrogen-bond donors (Lipinski definition) is 4. The summed E-state index contributed by atoms with van der Waals surface area (Å²) in [4.78, 5) is 25.0. The molecule has 4 rings (SSSR count). The monoisotopic (exact) mass is 389 g/mol. The Labute approximate surface area is 166 Å². The van der Waals surface area contributed by atoms with Crippen molar-refractivity contribution in [2.75, 3.05) is 11.1 Å². The van der Waals surface area contributed by atoms with Crippen LogP contribution in [0.25, 0.3) is 11.1 Å². The van der Waals surface area contributed by atoms with Crippen LogP contribution in [0.3, 0.4) is 0 Å². The predicted molar refractivity (Wildman–Crippen MR) is 109 cm³/mol. The minimum Gasteiger partial charge on any atom is -0.445 e. The normalized spacial score (nSPS) is 11.9. The zero-order valence-corrected chi connectivity index (χ0v) is 15.6. The maximum Gasteiger partial charge on any atom is 0.287 e. The van der Waals surface area contributed by atoms with E-state index < -0.39 is 5.91 Å². The van der Waals surface area contributed by atoms with Crippen LogP contribution in [0.2, 0.25) is 0 Å². The van der Waals surface area contributed by atoms with Crippen molar-refractivity contribution in [3.8, 4) is 0 Å². The van der Waals surface area contributed by atoms with Crippen molar-refractivity contribution >= 4 is 34.4 Å². The van der Waals surface area contributed by atoms with Crippen molar-refractivity contribution in [2.24, 2.45) is 0 Å². The van der Waals surface area contributed by atoms with Crippen LogP contribution in [-0.4, -0.2) is 22.0 Å². The number of furan rings is 1. The summed E-state index contributed by atoms with van der Waals surface area (Å²) in [7, 11) is 0. The van der Waals surface area contributed by atoms with Gasteiger partial charge in [-0.1, -0.05) is 42.5 Å². The standard InChI is InChI=1S/C21H19N5O3/c1-12(13-7-3-2-4-8-13)23-21(28)17-11-16-18(29-17)19(26-25-16)24-20(27)14-9-5-6-10-15(14)22/h2-12H,22H2,1H3,(H,23,28)(H2,24,25,26,27)/t12-/m1/s1. The van der Waals surface area contributed by atoms with Gasteiger partial charge in [0.1, 0.15) is 5.52 Å².